The van der Waals surface area contributed by atoms with Crippen LogP contribution in [0.3, 0.4) is 0 Å². The summed E-state index contributed by atoms with van der Waals surface area (Å²) in [5.41, 5.74) is -0.420. The topological polar surface area (TPSA) is 41.6 Å². The number of nitrogens with one attached hydrogen (secondary N) is 1. The van der Waals surface area contributed by atoms with E-state index in [1.54, 1.807) is 4.90 Å². The zero-order valence-electron chi connectivity index (χ0n) is 11.0. The summed E-state index contributed by atoms with van der Waals surface area (Å²) in [7, 11) is 1.82. The molecule has 1 rings (SSSR count). The van der Waals surface area contributed by atoms with Gasteiger partial charge in [0.2, 0.25) is 0 Å². The number of carbonyl (C=O) groups excluding carboxylic acids is 1. The van der Waals surface area contributed by atoms with Gasteiger partial charge in [-0.15, -0.1) is 0 Å². The third-order valence-corrected chi connectivity index (χ3v) is 2.97. The lowest BCUT2D eigenvalue weighted by Crippen LogP contribution is -2.52. The fourth-order valence-electron chi connectivity index (χ4n) is 1.96. The lowest BCUT2D eigenvalue weighted by Gasteiger charge is -2.37. The summed E-state index contributed by atoms with van der Waals surface area (Å²) in [6, 6.07) is 0.239. The lowest BCUT2D eigenvalue weighted by molar-refractivity contribution is 0.0146. The molecule has 94 valence electrons. The molecule has 0 aromatic rings. The van der Waals surface area contributed by atoms with Gasteiger partial charge in [-0.25, -0.2) is 4.79 Å². The number of hydrogen-bond donors (Lipinski definition) is 1. The zero-order valence-corrected chi connectivity index (χ0v) is 11.0. The number of hydrogen-bond acceptors (Lipinski definition) is 3. The predicted molar refractivity (Wildman–Crippen MR) is 64.4 cm³/mol. The molecule has 2 atom stereocenters. The summed E-state index contributed by atoms with van der Waals surface area (Å²) < 4.78 is 5.36. The first-order valence-electron chi connectivity index (χ1n) is 5.98. The maximum absolute atomic E-state index is 11.9. The molecule has 4 nitrogen and oxygen atoms in total. The third kappa shape index (κ3) is 3.67. The van der Waals surface area contributed by atoms with Crippen molar-refractivity contribution < 1.29 is 9.53 Å². The standard InChI is InChI=1S/C12H24N2O2/c1-9-6-7-13-8-10(9)14(5)11(15)16-12(2,3)4/h9-10,13H,6-8H2,1-5H3/t9-,10-/m0/s1. The van der Waals surface area contributed by atoms with E-state index in [4.69, 9.17) is 4.74 Å². The predicted octanol–water partition coefficient (Wildman–Crippen LogP) is 1.85. The number of carbonyl (C=O) groups is 1. The van der Waals surface area contributed by atoms with Gasteiger partial charge >= 0.3 is 6.09 Å². The van der Waals surface area contributed by atoms with Crippen LogP contribution in [0.4, 0.5) is 4.79 Å². The zero-order chi connectivity index (χ0) is 12.3. The van der Waals surface area contributed by atoms with E-state index in [9.17, 15) is 4.79 Å². The van der Waals surface area contributed by atoms with Gasteiger partial charge in [0.05, 0.1) is 0 Å². The summed E-state index contributed by atoms with van der Waals surface area (Å²) >= 11 is 0. The first kappa shape index (κ1) is 13.3. The van der Waals surface area contributed by atoms with E-state index in [1.807, 2.05) is 27.8 Å². The molecule has 0 aromatic carbocycles. The van der Waals surface area contributed by atoms with Gasteiger partial charge in [0.15, 0.2) is 0 Å². The molecule has 1 saturated heterocycles. The maximum atomic E-state index is 11.9. The molecule has 0 bridgehead atoms. The van der Waals surface area contributed by atoms with Crippen LogP contribution in [0, 0.1) is 5.92 Å². The fourth-order valence-corrected chi connectivity index (χ4v) is 1.96. The molecular formula is C12H24N2O2. The number of nitrogens with zero attached hydrogens (tertiary/aromatic N) is 1. The van der Waals surface area contributed by atoms with E-state index in [0.29, 0.717) is 5.92 Å². The summed E-state index contributed by atoms with van der Waals surface area (Å²) in [5.74, 6) is 0.527. The minimum absolute atomic E-state index is 0.229. The maximum Gasteiger partial charge on any atom is 0.410 e. The smallest absolute Gasteiger partial charge is 0.410 e. The Morgan fingerprint density at radius 3 is 2.56 bits per heavy atom. The van der Waals surface area contributed by atoms with E-state index < -0.39 is 5.60 Å². The fraction of sp³-hybridized carbons (Fsp3) is 0.917. The normalized spacial score (nSPS) is 26.3. The van der Waals surface area contributed by atoms with Crippen LogP contribution in [0.5, 0.6) is 0 Å². The van der Waals surface area contributed by atoms with E-state index in [2.05, 4.69) is 12.2 Å². The molecule has 1 amide bonds. The van der Waals surface area contributed by atoms with Crippen molar-refractivity contribution in [2.45, 2.75) is 45.8 Å². The van der Waals surface area contributed by atoms with Crippen molar-refractivity contribution in [3.05, 3.63) is 0 Å². The van der Waals surface area contributed by atoms with Crippen LogP contribution < -0.4 is 5.32 Å². The first-order chi connectivity index (χ1) is 7.31. The molecule has 0 radical (unpaired) electrons. The van der Waals surface area contributed by atoms with Gasteiger partial charge in [0, 0.05) is 19.6 Å². The molecule has 0 aromatic heterocycles. The molecule has 1 aliphatic rings. The monoisotopic (exact) mass is 228 g/mol. The Morgan fingerprint density at radius 1 is 1.44 bits per heavy atom. The van der Waals surface area contributed by atoms with E-state index in [0.717, 1.165) is 19.5 Å². The Bertz CT molecular complexity index is 248. The molecule has 0 unspecified atom stereocenters. The SMILES string of the molecule is C[C@H]1CCNC[C@@H]1N(C)C(=O)OC(C)(C)C. The second kappa shape index (κ2) is 5.04. The molecule has 1 heterocycles. The van der Waals surface area contributed by atoms with Gasteiger partial charge in [-0.3, -0.25) is 0 Å². The molecule has 0 aliphatic carbocycles. The summed E-state index contributed by atoms with van der Waals surface area (Å²) in [5, 5.41) is 3.31. The Morgan fingerprint density at radius 2 is 2.06 bits per heavy atom. The second-order valence-electron chi connectivity index (χ2n) is 5.63. The number of ether oxygens (including phenoxy) is 1. The highest BCUT2D eigenvalue weighted by molar-refractivity contribution is 5.68. The molecule has 1 N–H and O–H groups in total. The van der Waals surface area contributed by atoms with Gasteiger partial charge in [-0.05, 0) is 39.7 Å². The minimum Gasteiger partial charge on any atom is -0.444 e. The molecule has 0 spiro atoms. The van der Waals surface area contributed by atoms with E-state index >= 15 is 0 Å². The van der Waals surface area contributed by atoms with Gasteiger partial charge < -0.3 is 15.0 Å². The average molecular weight is 228 g/mol. The van der Waals surface area contributed by atoms with Crippen LogP contribution in [0.25, 0.3) is 0 Å². The average Bonchev–Trinajstić information content (AvgIpc) is 2.15. The van der Waals surface area contributed by atoms with Crippen molar-refractivity contribution in [2.24, 2.45) is 5.92 Å². The summed E-state index contributed by atoms with van der Waals surface area (Å²) in [6.45, 7) is 9.76. The minimum atomic E-state index is -0.420. The molecule has 4 heteroatoms. The van der Waals surface area contributed by atoms with Gasteiger partial charge in [-0.1, -0.05) is 6.92 Å². The first-order valence-corrected chi connectivity index (χ1v) is 5.98. The highest BCUT2D eigenvalue weighted by Gasteiger charge is 2.30. The van der Waals surface area contributed by atoms with Crippen molar-refractivity contribution in [1.82, 2.24) is 10.2 Å². The molecule has 1 fully saturated rings. The Balaban J connectivity index is 2.55. The molecule has 16 heavy (non-hydrogen) atoms. The number of amides is 1. The number of likely N-dealkylation sites (N-methyl/N-ethyl adjacent to an activating group) is 1. The van der Waals surface area contributed by atoms with Crippen molar-refractivity contribution in [2.75, 3.05) is 20.1 Å². The largest absolute Gasteiger partial charge is 0.444 e. The highest BCUT2D eigenvalue weighted by atomic mass is 16.6. The van der Waals surface area contributed by atoms with Crippen molar-refractivity contribution in [3.63, 3.8) is 0 Å². The van der Waals surface area contributed by atoms with Crippen LogP contribution in [-0.4, -0.2) is 42.8 Å². The quantitative estimate of drug-likeness (QED) is 0.744. The van der Waals surface area contributed by atoms with Gasteiger partial charge in [0.25, 0.3) is 0 Å². The van der Waals surface area contributed by atoms with Crippen LogP contribution >= 0.6 is 0 Å². The van der Waals surface area contributed by atoms with Crippen LogP contribution in [0.15, 0.2) is 0 Å². The van der Waals surface area contributed by atoms with Crippen molar-refractivity contribution >= 4 is 6.09 Å². The summed E-state index contributed by atoms with van der Waals surface area (Å²) in [6.07, 6.45) is 0.880. The lowest BCUT2D eigenvalue weighted by atomic mass is 9.94. The third-order valence-electron chi connectivity index (χ3n) is 2.97. The molecule has 1 aliphatic heterocycles. The summed E-state index contributed by atoms with van der Waals surface area (Å²) in [4.78, 5) is 13.6. The Labute approximate surface area is 98.3 Å². The van der Waals surface area contributed by atoms with E-state index in [1.165, 1.54) is 0 Å². The Hall–Kier alpha value is -0.770. The van der Waals surface area contributed by atoms with Crippen LogP contribution in [0.1, 0.15) is 34.1 Å². The second-order valence-corrected chi connectivity index (χ2v) is 5.63. The van der Waals surface area contributed by atoms with Gasteiger partial charge in [-0.2, -0.15) is 0 Å². The van der Waals surface area contributed by atoms with Crippen LogP contribution in [-0.2, 0) is 4.74 Å². The van der Waals surface area contributed by atoms with Gasteiger partial charge in [0.1, 0.15) is 5.60 Å². The number of rotatable bonds is 1. The van der Waals surface area contributed by atoms with Crippen LogP contribution in [0.2, 0.25) is 0 Å². The highest BCUT2D eigenvalue weighted by Crippen LogP contribution is 2.18. The van der Waals surface area contributed by atoms with Crippen molar-refractivity contribution in [3.8, 4) is 0 Å². The number of piperidine rings is 1. The van der Waals surface area contributed by atoms with E-state index in [-0.39, 0.29) is 12.1 Å². The molecular weight excluding hydrogens is 204 g/mol. The Kier molecular flexibility index (Phi) is 4.19. The van der Waals surface area contributed by atoms with Crippen molar-refractivity contribution in [1.29, 1.82) is 0 Å². The molecule has 0 saturated carbocycles.